The molecule has 130 valence electrons. The fourth-order valence-electron chi connectivity index (χ4n) is 3.18. The Morgan fingerprint density at radius 2 is 2.16 bits per heavy atom. The van der Waals surface area contributed by atoms with E-state index in [1.54, 1.807) is 24.4 Å². The van der Waals surface area contributed by atoms with Gasteiger partial charge in [0.25, 0.3) is 5.56 Å². The molecule has 0 spiro atoms. The number of hydrogen-bond acceptors (Lipinski definition) is 6. The van der Waals surface area contributed by atoms with E-state index < -0.39 is 0 Å². The number of nitrogens with zero attached hydrogens (tertiary/aromatic N) is 2. The summed E-state index contributed by atoms with van der Waals surface area (Å²) < 4.78 is 10.6. The number of amides is 1. The van der Waals surface area contributed by atoms with E-state index in [0.29, 0.717) is 23.7 Å². The second-order valence-corrected chi connectivity index (χ2v) is 6.15. The van der Waals surface area contributed by atoms with Crippen LogP contribution < -0.4 is 25.2 Å². The lowest BCUT2D eigenvalue weighted by atomic mass is 9.96. The van der Waals surface area contributed by atoms with Crippen LogP contribution in [-0.2, 0) is 4.79 Å². The molecule has 0 radical (unpaired) electrons. The van der Waals surface area contributed by atoms with Crippen molar-refractivity contribution in [3.05, 3.63) is 40.8 Å². The number of carbonyl (C=O) groups is 1. The summed E-state index contributed by atoms with van der Waals surface area (Å²) >= 11 is 0. The third-order valence-corrected chi connectivity index (χ3v) is 4.45. The fourth-order valence-corrected chi connectivity index (χ4v) is 3.18. The Balaban J connectivity index is 1.44. The summed E-state index contributed by atoms with van der Waals surface area (Å²) in [5.41, 5.74) is 1.18. The normalized spacial score (nSPS) is 18.9. The van der Waals surface area contributed by atoms with Crippen LogP contribution in [0, 0.1) is 5.92 Å². The van der Waals surface area contributed by atoms with E-state index in [-0.39, 0.29) is 24.2 Å². The number of anilines is 2. The van der Waals surface area contributed by atoms with Crippen LogP contribution >= 0.6 is 0 Å². The molecule has 25 heavy (non-hydrogen) atoms. The monoisotopic (exact) mass is 342 g/mol. The van der Waals surface area contributed by atoms with Crippen molar-refractivity contribution in [3.63, 3.8) is 0 Å². The Kier molecular flexibility index (Phi) is 4.01. The van der Waals surface area contributed by atoms with E-state index >= 15 is 0 Å². The molecule has 1 amide bonds. The van der Waals surface area contributed by atoms with Gasteiger partial charge in [-0.15, -0.1) is 0 Å². The Hall–Kier alpha value is -3.03. The molecule has 0 unspecified atom stereocenters. The second kappa shape index (κ2) is 6.46. The maximum Gasteiger partial charge on any atom is 0.266 e. The van der Waals surface area contributed by atoms with Crippen LogP contribution in [-0.4, -0.2) is 36.0 Å². The molecule has 2 N–H and O–H groups in total. The number of hydrogen-bond donors (Lipinski definition) is 2. The predicted molar refractivity (Wildman–Crippen MR) is 91.0 cm³/mol. The van der Waals surface area contributed by atoms with Crippen molar-refractivity contribution in [2.24, 2.45) is 5.92 Å². The minimum absolute atomic E-state index is 0.0404. The molecule has 0 aliphatic carbocycles. The first-order valence-electron chi connectivity index (χ1n) is 8.19. The minimum Gasteiger partial charge on any atom is -0.454 e. The van der Waals surface area contributed by atoms with Gasteiger partial charge in [0.05, 0.1) is 17.8 Å². The molecule has 2 aliphatic rings. The number of carbonyl (C=O) groups excluding carboxylic acids is 1. The van der Waals surface area contributed by atoms with E-state index in [0.717, 1.165) is 25.1 Å². The lowest BCUT2D eigenvalue weighted by molar-refractivity contribution is -0.120. The number of piperidine rings is 1. The Bertz CT molecular complexity index is 851. The largest absolute Gasteiger partial charge is 0.454 e. The number of H-pyrrole nitrogens is 1. The van der Waals surface area contributed by atoms with Crippen molar-refractivity contribution in [3.8, 4) is 11.5 Å². The molecule has 4 rings (SSSR count). The van der Waals surface area contributed by atoms with E-state index in [1.165, 1.54) is 6.07 Å². The number of aromatic amines is 1. The van der Waals surface area contributed by atoms with Gasteiger partial charge in [0.1, 0.15) is 0 Å². The first kappa shape index (κ1) is 15.5. The summed E-state index contributed by atoms with van der Waals surface area (Å²) in [6, 6.07) is 6.85. The van der Waals surface area contributed by atoms with Gasteiger partial charge in [-0.3, -0.25) is 9.59 Å². The zero-order chi connectivity index (χ0) is 17.2. The van der Waals surface area contributed by atoms with Crippen LogP contribution in [0.5, 0.6) is 11.5 Å². The maximum atomic E-state index is 12.6. The van der Waals surface area contributed by atoms with Gasteiger partial charge in [-0.2, -0.15) is 5.10 Å². The highest BCUT2D eigenvalue weighted by Gasteiger charge is 2.26. The average Bonchev–Trinajstić information content (AvgIpc) is 3.09. The lowest BCUT2D eigenvalue weighted by Crippen LogP contribution is -2.41. The number of nitrogens with one attached hydrogen (secondary N) is 2. The second-order valence-electron chi connectivity index (χ2n) is 6.15. The molecule has 1 atom stereocenters. The smallest absolute Gasteiger partial charge is 0.266 e. The molecule has 2 aromatic rings. The van der Waals surface area contributed by atoms with E-state index in [4.69, 9.17) is 9.47 Å². The number of ether oxygens (including phenoxy) is 2. The minimum atomic E-state index is -0.246. The molecule has 1 aromatic heterocycles. The van der Waals surface area contributed by atoms with Gasteiger partial charge < -0.3 is 19.7 Å². The van der Waals surface area contributed by atoms with Crippen LogP contribution in [0.15, 0.2) is 35.3 Å². The lowest BCUT2D eigenvalue weighted by Gasteiger charge is -2.33. The summed E-state index contributed by atoms with van der Waals surface area (Å²) in [6.45, 7) is 1.56. The average molecular weight is 342 g/mol. The van der Waals surface area contributed by atoms with Crippen LogP contribution in [0.1, 0.15) is 12.8 Å². The summed E-state index contributed by atoms with van der Waals surface area (Å²) in [5.74, 6) is 1.13. The number of benzene rings is 1. The molecule has 1 fully saturated rings. The van der Waals surface area contributed by atoms with Gasteiger partial charge in [0, 0.05) is 30.9 Å². The highest BCUT2D eigenvalue weighted by atomic mass is 16.7. The summed E-state index contributed by atoms with van der Waals surface area (Å²) in [4.78, 5) is 26.1. The van der Waals surface area contributed by atoms with Crippen LogP contribution in [0.4, 0.5) is 11.4 Å². The predicted octanol–water partition coefficient (Wildman–Crippen LogP) is 1.35. The quantitative estimate of drug-likeness (QED) is 0.874. The molecular formula is C17H18N4O4. The van der Waals surface area contributed by atoms with Crippen LogP contribution in [0.3, 0.4) is 0 Å². The molecule has 8 nitrogen and oxygen atoms in total. The van der Waals surface area contributed by atoms with E-state index in [1.807, 2.05) is 4.90 Å². The molecular weight excluding hydrogens is 324 g/mol. The fraction of sp³-hybridized carbons (Fsp3) is 0.353. The van der Waals surface area contributed by atoms with Crippen molar-refractivity contribution < 1.29 is 14.3 Å². The molecule has 0 bridgehead atoms. The number of fused-ring (bicyclic) bond motifs is 1. The van der Waals surface area contributed by atoms with Crippen LogP contribution in [0.25, 0.3) is 0 Å². The van der Waals surface area contributed by atoms with Gasteiger partial charge in [-0.25, -0.2) is 5.10 Å². The highest BCUT2D eigenvalue weighted by Crippen LogP contribution is 2.34. The van der Waals surface area contributed by atoms with Crippen molar-refractivity contribution >= 4 is 17.3 Å². The van der Waals surface area contributed by atoms with E-state index in [9.17, 15) is 9.59 Å². The molecule has 2 aliphatic heterocycles. The Labute approximate surface area is 143 Å². The van der Waals surface area contributed by atoms with E-state index in [2.05, 4.69) is 15.5 Å². The molecule has 1 aromatic carbocycles. The first-order chi connectivity index (χ1) is 12.2. The number of rotatable bonds is 3. The first-order valence-corrected chi connectivity index (χ1v) is 8.19. The summed E-state index contributed by atoms with van der Waals surface area (Å²) in [6.07, 6.45) is 3.30. The third-order valence-electron chi connectivity index (χ3n) is 4.45. The molecule has 0 saturated carbocycles. The van der Waals surface area contributed by atoms with Crippen LogP contribution in [0.2, 0.25) is 0 Å². The van der Waals surface area contributed by atoms with Gasteiger partial charge in [-0.05, 0) is 25.0 Å². The van der Waals surface area contributed by atoms with Gasteiger partial charge in [0.15, 0.2) is 11.5 Å². The highest BCUT2D eigenvalue weighted by molar-refractivity contribution is 5.93. The summed E-state index contributed by atoms with van der Waals surface area (Å²) in [5, 5.41) is 9.13. The molecule has 1 saturated heterocycles. The Morgan fingerprint density at radius 3 is 3.04 bits per heavy atom. The zero-order valence-corrected chi connectivity index (χ0v) is 13.5. The SMILES string of the molecule is O=C(Nc1ccc2c(c1)OCO2)[C@H]1CCCN(c2cn[nH]c(=O)c2)C1. The van der Waals surface area contributed by atoms with Crippen molar-refractivity contribution in [2.75, 3.05) is 30.1 Å². The zero-order valence-electron chi connectivity index (χ0n) is 13.5. The van der Waals surface area contributed by atoms with Gasteiger partial charge in [0.2, 0.25) is 12.7 Å². The maximum absolute atomic E-state index is 12.6. The van der Waals surface area contributed by atoms with Gasteiger partial charge in [-0.1, -0.05) is 0 Å². The third kappa shape index (κ3) is 3.28. The van der Waals surface area contributed by atoms with Gasteiger partial charge >= 0.3 is 0 Å². The van der Waals surface area contributed by atoms with Crippen molar-refractivity contribution in [1.29, 1.82) is 0 Å². The van der Waals surface area contributed by atoms with Crippen molar-refractivity contribution in [1.82, 2.24) is 10.2 Å². The Morgan fingerprint density at radius 1 is 1.28 bits per heavy atom. The molecule has 3 heterocycles. The molecule has 8 heteroatoms. The summed E-state index contributed by atoms with van der Waals surface area (Å²) in [7, 11) is 0. The topological polar surface area (TPSA) is 96.6 Å². The number of aromatic nitrogens is 2. The standard InChI is InChI=1S/C17H18N4O4/c22-16-7-13(8-18-20-16)21-5-1-2-11(9-21)17(23)19-12-3-4-14-15(6-12)25-10-24-14/h3-4,6-8,11H,1-2,5,9-10H2,(H,19,23)(H,20,22)/t11-/m0/s1. The van der Waals surface area contributed by atoms with Crippen molar-refractivity contribution in [2.45, 2.75) is 12.8 Å².